The summed E-state index contributed by atoms with van der Waals surface area (Å²) in [5, 5.41) is 2.45. The van der Waals surface area contributed by atoms with Gasteiger partial charge < -0.3 is 14.8 Å². The summed E-state index contributed by atoms with van der Waals surface area (Å²) in [6.45, 7) is 3.92. The van der Waals surface area contributed by atoms with Crippen LogP contribution >= 0.6 is 15.9 Å². The summed E-state index contributed by atoms with van der Waals surface area (Å²) in [5.74, 6) is -0.0829. The Balaban J connectivity index is 2.21. The van der Waals surface area contributed by atoms with Crippen molar-refractivity contribution in [2.75, 3.05) is 7.05 Å². The van der Waals surface area contributed by atoms with Crippen molar-refractivity contribution >= 4 is 33.6 Å². The molecule has 1 aromatic carbocycles. The highest BCUT2D eigenvalue weighted by molar-refractivity contribution is 9.10. The third-order valence-corrected chi connectivity index (χ3v) is 5.25. The second-order valence-electron chi connectivity index (χ2n) is 6.37. The lowest BCUT2D eigenvalue weighted by Crippen LogP contribution is -2.32. The summed E-state index contributed by atoms with van der Waals surface area (Å²) in [6, 6.07) is 3.94. The molecule has 0 saturated heterocycles. The quantitative estimate of drug-likeness (QED) is 0.771. The van der Waals surface area contributed by atoms with Gasteiger partial charge in [-0.1, -0.05) is 22.0 Å². The first-order chi connectivity index (χ1) is 11.4. The van der Waals surface area contributed by atoms with Crippen molar-refractivity contribution in [2.45, 2.75) is 45.1 Å². The van der Waals surface area contributed by atoms with Gasteiger partial charge in [0.1, 0.15) is 5.57 Å². The van der Waals surface area contributed by atoms with E-state index >= 15 is 0 Å². The predicted molar refractivity (Wildman–Crippen MR) is 93.4 cm³/mol. The molecule has 0 atom stereocenters. The van der Waals surface area contributed by atoms with Crippen LogP contribution < -0.4 is 5.32 Å². The van der Waals surface area contributed by atoms with Gasteiger partial charge in [-0.05, 0) is 56.7 Å². The highest BCUT2D eigenvalue weighted by atomic mass is 79.9. The number of aryl methyl sites for hydroxylation is 2. The molecule has 0 aromatic heterocycles. The molecule has 1 spiro atoms. The molecule has 0 radical (unpaired) electrons. The summed E-state index contributed by atoms with van der Waals surface area (Å²) in [4.78, 5) is 24.6. The Labute approximate surface area is 149 Å². The summed E-state index contributed by atoms with van der Waals surface area (Å²) >= 11 is 3.55. The van der Waals surface area contributed by atoms with Crippen LogP contribution in [-0.2, 0) is 14.3 Å². The summed E-state index contributed by atoms with van der Waals surface area (Å²) in [6.07, 6.45) is 2.64. The molecule has 1 amide bonds. The van der Waals surface area contributed by atoms with Crippen LogP contribution in [0.4, 0.5) is 4.79 Å². The zero-order chi connectivity index (χ0) is 17.5. The first-order valence-corrected chi connectivity index (χ1v) is 8.82. The van der Waals surface area contributed by atoms with Gasteiger partial charge in [0, 0.05) is 17.1 Å². The molecule has 5 nitrogen and oxygen atoms in total. The molecule has 2 aliphatic rings. The number of carbonyl (C=O) groups excluding carboxylic acids is 2. The summed E-state index contributed by atoms with van der Waals surface area (Å²) in [5.41, 5.74) is 2.29. The third kappa shape index (κ3) is 2.73. The van der Waals surface area contributed by atoms with Crippen LogP contribution in [0.15, 0.2) is 22.4 Å². The molecule has 24 heavy (non-hydrogen) atoms. The maximum Gasteiger partial charge on any atom is 0.412 e. The van der Waals surface area contributed by atoms with Crippen molar-refractivity contribution < 1.29 is 19.1 Å². The van der Waals surface area contributed by atoms with E-state index in [2.05, 4.69) is 21.2 Å². The first kappa shape index (κ1) is 17.0. The Bertz CT molecular complexity index is 724. The van der Waals surface area contributed by atoms with Gasteiger partial charge in [-0.3, -0.25) is 0 Å². The van der Waals surface area contributed by atoms with Crippen LogP contribution in [0.5, 0.6) is 0 Å². The highest BCUT2D eigenvalue weighted by Crippen LogP contribution is 2.49. The van der Waals surface area contributed by atoms with Crippen molar-refractivity contribution in [1.82, 2.24) is 5.32 Å². The van der Waals surface area contributed by atoms with Crippen LogP contribution in [0.25, 0.3) is 5.57 Å². The number of nitrogens with one attached hydrogen (secondary N) is 1. The Morgan fingerprint density at radius 1 is 1.29 bits per heavy atom. The number of alkyl carbamates (subject to hydrolysis) is 1. The lowest BCUT2D eigenvalue weighted by atomic mass is 9.93. The van der Waals surface area contributed by atoms with E-state index in [0.717, 1.165) is 34.0 Å². The van der Waals surface area contributed by atoms with Gasteiger partial charge in [0.05, 0.1) is 0 Å². The molecule has 1 heterocycles. The molecule has 3 rings (SSSR count). The Kier molecular flexibility index (Phi) is 4.42. The fourth-order valence-corrected chi connectivity index (χ4v) is 4.48. The number of rotatable bonds is 2. The lowest BCUT2D eigenvalue weighted by Gasteiger charge is -2.24. The number of hydrogen-bond donors (Lipinski definition) is 1. The fourth-order valence-electron chi connectivity index (χ4n) is 3.61. The molecule has 0 bridgehead atoms. The summed E-state index contributed by atoms with van der Waals surface area (Å²) in [7, 11) is 1.49. The second-order valence-corrected chi connectivity index (χ2v) is 7.23. The van der Waals surface area contributed by atoms with Crippen molar-refractivity contribution in [3.63, 3.8) is 0 Å². The zero-order valence-corrected chi connectivity index (χ0v) is 15.6. The molecule has 1 N–H and O–H groups in total. The van der Waals surface area contributed by atoms with Gasteiger partial charge in [-0.25, -0.2) is 9.59 Å². The molecule has 1 aliphatic heterocycles. The molecule has 1 saturated carbocycles. The number of hydrogen-bond acceptors (Lipinski definition) is 4. The van der Waals surface area contributed by atoms with Gasteiger partial charge >= 0.3 is 12.1 Å². The largest absolute Gasteiger partial charge is 0.447 e. The number of carbonyl (C=O) groups is 2. The van der Waals surface area contributed by atoms with E-state index in [-0.39, 0.29) is 0 Å². The predicted octanol–water partition coefficient (Wildman–Crippen LogP) is 4.00. The molecule has 1 aromatic rings. The van der Waals surface area contributed by atoms with Crippen LogP contribution in [0.2, 0.25) is 0 Å². The van der Waals surface area contributed by atoms with E-state index in [4.69, 9.17) is 9.47 Å². The SMILES string of the molecule is CNC(=O)OC1=C(c2c(C)cc(C)cc2Br)C(=O)OC12CCCC2. The van der Waals surface area contributed by atoms with Crippen molar-refractivity contribution in [1.29, 1.82) is 0 Å². The van der Waals surface area contributed by atoms with Crippen molar-refractivity contribution in [3.05, 3.63) is 39.1 Å². The van der Waals surface area contributed by atoms with E-state index in [1.54, 1.807) is 0 Å². The lowest BCUT2D eigenvalue weighted by molar-refractivity contribution is -0.146. The van der Waals surface area contributed by atoms with E-state index in [0.29, 0.717) is 24.2 Å². The van der Waals surface area contributed by atoms with E-state index in [1.165, 1.54) is 7.05 Å². The number of esters is 1. The van der Waals surface area contributed by atoms with E-state index in [1.807, 2.05) is 26.0 Å². The Morgan fingerprint density at radius 2 is 1.96 bits per heavy atom. The Morgan fingerprint density at radius 3 is 2.54 bits per heavy atom. The minimum Gasteiger partial charge on any atom is -0.447 e. The van der Waals surface area contributed by atoms with Crippen LogP contribution in [0, 0.1) is 13.8 Å². The molecule has 128 valence electrons. The number of halogens is 1. The fraction of sp³-hybridized carbons (Fsp3) is 0.444. The van der Waals surface area contributed by atoms with E-state index in [9.17, 15) is 9.59 Å². The van der Waals surface area contributed by atoms with Gasteiger partial charge in [-0.2, -0.15) is 0 Å². The standard InChI is InChI=1S/C18H20BrNO4/c1-10-8-11(2)13(12(19)9-10)14-15(23-17(22)20-3)18(24-16(14)21)6-4-5-7-18/h8-9H,4-7H2,1-3H3,(H,20,22). The molecule has 6 heteroatoms. The normalized spacial score (nSPS) is 18.9. The zero-order valence-electron chi connectivity index (χ0n) is 14.0. The van der Waals surface area contributed by atoms with Gasteiger partial charge in [0.15, 0.2) is 11.4 Å². The first-order valence-electron chi connectivity index (χ1n) is 8.03. The monoisotopic (exact) mass is 393 g/mol. The van der Waals surface area contributed by atoms with E-state index < -0.39 is 17.7 Å². The molecule has 1 fully saturated rings. The topological polar surface area (TPSA) is 64.6 Å². The van der Waals surface area contributed by atoms with Crippen LogP contribution in [-0.4, -0.2) is 24.7 Å². The molecule has 1 aliphatic carbocycles. The molecule has 0 unspecified atom stereocenters. The maximum absolute atomic E-state index is 12.7. The Hall–Kier alpha value is -1.82. The van der Waals surface area contributed by atoms with Crippen LogP contribution in [0.3, 0.4) is 0 Å². The van der Waals surface area contributed by atoms with Gasteiger partial charge in [0.2, 0.25) is 0 Å². The van der Waals surface area contributed by atoms with Crippen molar-refractivity contribution in [2.24, 2.45) is 0 Å². The minimum absolute atomic E-state index is 0.344. The highest BCUT2D eigenvalue weighted by Gasteiger charge is 2.52. The maximum atomic E-state index is 12.7. The second kappa shape index (κ2) is 6.24. The minimum atomic E-state index is -0.810. The average Bonchev–Trinajstić information content (AvgIpc) is 3.06. The van der Waals surface area contributed by atoms with Gasteiger partial charge in [0.25, 0.3) is 0 Å². The smallest absolute Gasteiger partial charge is 0.412 e. The number of ether oxygens (including phenoxy) is 2. The average molecular weight is 394 g/mol. The van der Waals surface area contributed by atoms with Gasteiger partial charge in [-0.15, -0.1) is 0 Å². The third-order valence-electron chi connectivity index (χ3n) is 4.62. The van der Waals surface area contributed by atoms with Crippen LogP contribution in [0.1, 0.15) is 42.4 Å². The number of benzene rings is 1. The van der Waals surface area contributed by atoms with Crippen molar-refractivity contribution in [3.8, 4) is 0 Å². The molecular formula is C18H20BrNO4. The summed E-state index contributed by atoms with van der Waals surface area (Å²) < 4.78 is 12.1. The molecular weight excluding hydrogens is 374 g/mol. The number of amides is 1.